The van der Waals surface area contributed by atoms with Crippen molar-refractivity contribution in [2.24, 2.45) is 0 Å². The number of aliphatic hydroxyl groups excluding tert-OH is 1. The molecule has 0 heterocycles. The van der Waals surface area contributed by atoms with Gasteiger partial charge in [0.1, 0.15) is 6.23 Å². The zero-order valence-corrected chi connectivity index (χ0v) is 10.2. The van der Waals surface area contributed by atoms with Gasteiger partial charge in [-0.1, -0.05) is 43.7 Å². The number of hydrogen-bond acceptors (Lipinski definition) is 2. The minimum Gasteiger partial charge on any atom is -0.379 e. The van der Waals surface area contributed by atoms with Gasteiger partial charge in [0, 0.05) is 0 Å². The fourth-order valence-electron chi connectivity index (χ4n) is 1.69. The van der Waals surface area contributed by atoms with E-state index in [1.54, 1.807) is 0 Å². The molecule has 0 amide bonds. The number of hydrogen-bond donors (Lipinski definition) is 2. The highest BCUT2D eigenvalue weighted by molar-refractivity contribution is 5.14. The van der Waals surface area contributed by atoms with E-state index in [2.05, 4.69) is 36.5 Å². The number of benzene rings is 1. The van der Waals surface area contributed by atoms with Crippen LogP contribution in [-0.4, -0.2) is 17.9 Å². The smallest absolute Gasteiger partial charge is 0.104 e. The fraction of sp³-hybridized carbons (Fsp3) is 0.571. The molecule has 0 aromatic heterocycles. The molecule has 0 fully saturated rings. The van der Waals surface area contributed by atoms with E-state index in [4.69, 9.17) is 0 Å². The Labute approximate surface area is 98.7 Å². The first kappa shape index (κ1) is 13.2. The summed E-state index contributed by atoms with van der Waals surface area (Å²) in [6.45, 7) is 3.08. The van der Waals surface area contributed by atoms with Crippen molar-refractivity contribution in [3.8, 4) is 0 Å². The second kappa shape index (κ2) is 8.31. The number of unbranched alkanes of at least 4 members (excludes halogenated alkanes) is 1. The Morgan fingerprint density at radius 2 is 1.94 bits per heavy atom. The average molecular weight is 221 g/mol. The Balaban J connectivity index is 2.06. The Bertz CT molecular complexity index is 261. The monoisotopic (exact) mass is 221 g/mol. The van der Waals surface area contributed by atoms with Gasteiger partial charge in [-0.2, -0.15) is 0 Å². The first-order valence-corrected chi connectivity index (χ1v) is 6.28. The van der Waals surface area contributed by atoms with Crippen LogP contribution in [0.4, 0.5) is 0 Å². The summed E-state index contributed by atoms with van der Waals surface area (Å²) in [6, 6.07) is 10.4. The number of aliphatic hydroxyl groups is 1. The maximum absolute atomic E-state index is 9.64. The van der Waals surface area contributed by atoms with Crippen molar-refractivity contribution in [1.29, 1.82) is 0 Å². The predicted octanol–water partition coefficient (Wildman–Crippen LogP) is 2.72. The van der Waals surface area contributed by atoms with Crippen molar-refractivity contribution in [2.75, 3.05) is 6.54 Å². The summed E-state index contributed by atoms with van der Waals surface area (Å²) in [6.07, 6.45) is 4.88. The van der Waals surface area contributed by atoms with Crippen LogP contribution in [0.3, 0.4) is 0 Å². The van der Waals surface area contributed by atoms with Gasteiger partial charge >= 0.3 is 0 Å². The van der Waals surface area contributed by atoms with Crippen LogP contribution in [0, 0.1) is 0 Å². The Kier molecular flexibility index (Phi) is 6.86. The Morgan fingerprint density at radius 1 is 1.19 bits per heavy atom. The molecule has 0 aliphatic heterocycles. The average Bonchev–Trinajstić information content (AvgIpc) is 2.31. The van der Waals surface area contributed by atoms with E-state index in [-0.39, 0.29) is 6.23 Å². The molecule has 16 heavy (non-hydrogen) atoms. The molecule has 0 radical (unpaired) electrons. The molecule has 0 aliphatic rings. The van der Waals surface area contributed by atoms with Crippen LogP contribution in [0.5, 0.6) is 0 Å². The highest BCUT2D eigenvalue weighted by atomic mass is 16.3. The van der Waals surface area contributed by atoms with E-state index in [1.165, 1.54) is 12.0 Å². The quantitative estimate of drug-likeness (QED) is 0.522. The summed E-state index contributed by atoms with van der Waals surface area (Å²) in [5, 5.41) is 12.8. The van der Waals surface area contributed by atoms with Gasteiger partial charge in [0.15, 0.2) is 0 Å². The molecule has 0 spiro atoms. The molecule has 1 rings (SSSR count). The van der Waals surface area contributed by atoms with E-state index in [0.717, 1.165) is 32.2 Å². The lowest BCUT2D eigenvalue weighted by Gasteiger charge is -2.12. The van der Waals surface area contributed by atoms with E-state index in [1.807, 2.05) is 6.07 Å². The van der Waals surface area contributed by atoms with Gasteiger partial charge in [-0.15, -0.1) is 0 Å². The largest absolute Gasteiger partial charge is 0.379 e. The standard InChI is InChI=1S/C14H23NO/c1-2-3-12-15-14(16)11-7-10-13-8-5-4-6-9-13/h4-6,8-9,14-16H,2-3,7,10-12H2,1H3. The second-order valence-electron chi connectivity index (χ2n) is 4.20. The van der Waals surface area contributed by atoms with Crippen LogP contribution in [0.1, 0.15) is 38.2 Å². The van der Waals surface area contributed by atoms with Crippen LogP contribution in [-0.2, 0) is 6.42 Å². The number of aryl methyl sites for hydroxylation is 1. The van der Waals surface area contributed by atoms with E-state index in [9.17, 15) is 5.11 Å². The van der Waals surface area contributed by atoms with Gasteiger partial charge in [-0.3, -0.25) is 5.32 Å². The first-order valence-electron chi connectivity index (χ1n) is 6.28. The number of nitrogens with one attached hydrogen (secondary N) is 1. The molecule has 1 aromatic carbocycles. The zero-order chi connectivity index (χ0) is 11.6. The molecule has 0 bridgehead atoms. The zero-order valence-electron chi connectivity index (χ0n) is 10.2. The van der Waals surface area contributed by atoms with Crippen molar-refractivity contribution in [3.63, 3.8) is 0 Å². The molecule has 2 nitrogen and oxygen atoms in total. The Hall–Kier alpha value is -0.860. The van der Waals surface area contributed by atoms with Crippen molar-refractivity contribution >= 4 is 0 Å². The van der Waals surface area contributed by atoms with Crippen LogP contribution < -0.4 is 5.32 Å². The summed E-state index contributed by atoms with van der Waals surface area (Å²) in [5.74, 6) is 0. The lowest BCUT2D eigenvalue weighted by Crippen LogP contribution is -2.29. The molecular weight excluding hydrogens is 198 g/mol. The van der Waals surface area contributed by atoms with Crippen LogP contribution >= 0.6 is 0 Å². The maximum Gasteiger partial charge on any atom is 0.104 e. The normalized spacial score (nSPS) is 12.6. The molecule has 2 N–H and O–H groups in total. The minimum absolute atomic E-state index is 0.338. The SMILES string of the molecule is CCCCNC(O)CCCc1ccccc1. The summed E-state index contributed by atoms with van der Waals surface area (Å²) in [5.41, 5.74) is 1.35. The molecular formula is C14H23NO. The molecule has 0 saturated carbocycles. The van der Waals surface area contributed by atoms with Crippen molar-refractivity contribution in [3.05, 3.63) is 35.9 Å². The van der Waals surface area contributed by atoms with Gasteiger partial charge in [0.25, 0.3) is 0 Å². The second-order valence-corrected chi connectivity index (χ2v) is 4.20. The number of rotatable bonds is 8. The molecule has 0 saturated heterocycles. The predicted molar refractivity (Wildman–Crippen MR) is 68.3 cm³/mol. The molecule has 0 aliphatic carbocycles. The summed E-state index contributed by atoms with van der Waals surface area (Å²) in [4.78, 5) is 0. The molecule has 2 heteroatoms. The summed E-state index contributed by atoms with van der Waals surface area (Å²) >= 11 is 0. The highest BCUT2D eigenvalue weighted by Crippen LogP contribution is 2.05. The highest BCUT2D eigenvalue weighted by Gasteiger charge is 2.01. The van der Waals surface area contributed by atoms with Crippen molar-refractivity contribution in [2.45, 2.75) is 45.3 Å². The molecule has 1 unspecified atom stereocenters. The van der Waals surface area contributed by atoms with Crippen LogP contribution in [0.25, 0.3) is 0 Å². The van der Waals surface area contributed by atoms with Gasteiger partial charge in [-0.05, 0) is 37.8 Å². The van der Waals surface area contributed by atoms with Crippen LogP contribution in [0.15, 0.2) is 30.3 Å². The lowest BCUT2D eigenvalue weighted by atomic mass is 10.1. The summed E-state index contributed by atoms with van der Waals surface area (Å²) < 4.78 is 0. The summed E-state index contributed by atoms with van der Waals surface area (Å²) in [7, 11) is 0. The van der Waals surface area contributed by atoms with E-state index >= 15 is 0 Å². The van der Waals surface area contributed by atoms with E-state index in [0.29, 0.717) is 0 Å². The maximum atomic E-state index is 9.64. The first-order chi connectivity index (χ1) is 7.83. The van der Waals surface area contributed by atoms with Gasteiger partial charge in [0.2, 0.25) is 0 Å². The van der Waals surface area contributed by atoms with Gasteiger partial charge in [-0.25, -0.2) is 0 Å². The molecule has 90 valence electrons. The van der Waals surface area contributed by atoms with Gasteiger partial charge in [0.05, 0.1) is 0 Å². The van der Waals surface area contributed by atoms with Crippen molar-refractivity contribution in [1.82, 2.24) is 5.32 Å². The van der Waals surface area contributed by atoms with E-state index < -0.39 is 0 Å². The fourth-order valence-corrected chi connectivity index (χ4v) is 1.69. The third kappa shape index (κ3) is 5.89. The topological polar surface area (TPSA) is 32.3 Å². The minimum atomic E-state index is -0.338. The van der Waals surface area contributed by atoms with Crippen molar-refractivity contribution < 1.29 is 5.11 Å². The van der Waals surface area contributed by atoms with Crippen LogP contribution in [0.2, 0.25) is 0 Å². The lowest BCUT2D eigenvalue weighted by molar-refractivity contribution is 0.125. The molecule has 1 atom stereocenters. The third-order valence-electron chi connectivity index (χ3n) is 2.70. The third-order valence-corrected chi connectivity index (χ3v) is 2.70. The Morgan fingerprint density at radius 3 is 2.62 bits per heavy atom. The molecule has 1 aromatic rings. The van der Waals surface area contributed by atoms with Gasteiger partial charge < -0.3 is 5.11 Å².